The van der Waals surface area contributed by atoms with E-state index in [4.69, 9.17) is 9.47 Å². The number of hydrogen-bond acceptors (Lipinski definition) is 6. The van der Waals surface area contributed by atoms with Crippen LogP contribution in [-0.2, 0) is 9.59 Å². The lowest BCUT2D eigenvalue weighted by Gasteiger charge is -2.24. The first kappa shape index (κ1) is 25.3. The Hall–Kier alpha value is -4.36. The highest BCUT2D eigenvalue weighted by molar-refractivity contribution is 7.10. The van der Waals surface area contributed by atoms with Gasteiger partial charge in [-0.3, -0.25) is 14.5 Å². The van der Waals surface area contributed by atoms with E-state index in [-0.39, 0.29) is 17.4 Å². The third-order valence-electron chi connectivity index (χ3n) is 6.16. The molecule has 0 saturated carbocycles. The molecule has 1 aromatic heterocycles. The van der Waals surface area contributed by atoms with E-state index in [2.05, 4.69) is 0 Å². The van der Waals surface area contributed by atoms with E-state index in [0.29, 0.717) is 28.5 Å². The summed E-state index contributed by atoms with van der Waals surface area (Å²) in [5, 5.41) is 13.3. The third kappa shape index (κ3) is 4.93. The van der Waals surface area contributed by atoms with Crippen molar-refractivity contribution in [2.45, 2.75) is 32.9 Å². The van der Waals surface area contributed by atoms with Gasteiger partial charge in [-0.1, -0.05) is 24.3 Å². The number of aliphatic hydroxyl groups excluding tert-OH is 1. The van der Waals surface area contributed by atoms with Crippen molar-refractivity contribution in [1.82, 2.24) is 0 Å². The predicted molar refractivity (Wildman–Crippen MR) is 149 cm³/mol. The summed E-state index contributed by atoms with van der Waals surface area (Å²) in [7, 11) is 0. The molecule has 1 unspecified atom stereocenters. The zero-order chi connectivity index (χ0) is 26.8. The van der Waals surface area contributed by atoms with E-state index in [1.54, 1.807) is 42.5 Å². The highest BCUT2D eigenvalue weighted by Crippen LogP contribution is 2.44. The van der Waals surface area contributed by atoms with Gasteiger partial charge in [-0.05, 0) is 92.4 Å². The van der Waals surface area contributed by atoms with Crippen LogP contribution < -0.4 is 14.4 Å². The monoisotopic (exact) mass is 525 g/mol. The molecule has 1 fully saturated rings. The molecule has 1 amide bonds. The number of ketones is 1. The maximum atomic E-state index is 13.4. The summed E-state index contributed by atoms with van der Waals surface area (Å²) in [6, 6.07) is 24.6. The third-order valence-corrected chi connectivity index (χ3v) is 7.09. The molecule has 1 aliphatic rings. The number of benzene rings is 3. The van der Waals surface area contributed by atoms with Gasteiger partial charge < -0.3 is 14.6 Å². The molecule has 1 atom stereocenters. The van der Waals surface area contributed by atoms with Gasteiger partial charge in [0.05, 0.1) is 11.7 Å². The number of ether oxygens (including phenoxy) is 2. The maximum Gasteiger partial charge on any atom is 0.300 e. The molecule has 5 rings (SSSR count). The van der Waals surface area contributed by atoms with E-state index < -0.39 is 17.7 Å². The lowest BCUT2D eigenvalue weighted by molar-refractivity contribution is -0.132. The lowest BCUT2D eigenvalue weighted by Crippen LogP contribution is -2.29. The van der Waals surface area contributed by atoms with Crippen LogP contribution in [0.4, 0.5) is 5.69 Å². The van der Waals surface area contributed by atoms with Gasteiger partial charge in [-0.25, -0.2) is 0 Å². The normalized spacial score (nSPS) is 16.7. The maximum absolute atomic E-state index is 13.4. The Balaban J connectivity index is 1.53. The minimum atomic E-state index is -0.761. The average Bonchev–Trinajstić information content (AvgIpc) is 3.53. The van der Waals surface area contributed by atoms with Crippen molar-refractivity contribution in [3.63, 3.8) is 0 Å². The Morgan fingerprint density at radius 1 is 0.921 bits per heavy atom. The number of carbonyl (C=O) groups excluding carboxylic acids is 2. The van der Waals surface area contributed by atoms with Crippen LogP contribution in [0.15, 0.2) is 95.9 Å². The number of para-hydroxylation sites is 1. The minimum absolute atomic E-state index is 0.00165. The number of thiophene rings is 1. The molecular weight excluding hydrogens is 498 g/mol. The number of rotatable bonds is 7. The van der Waals surface area contributed by atoms with E-state index in [0.717, 1.165) is 10.4 Å². The summed E-state index contributed by atoms with van der Waals surface area (Å²) in [4.78, 5) is 28.9. The number of aryl methyl sites for hydroxylation is 1. The number of Topliss-reactive ketones (excluding diaryl/α,β-unsaturated/α-hetero) is 1. The first-order valence-electron chi connectivity index (χ1n) is 12.3. The molecule has 7 heteroatoms. The number of amides is 1. The van der Waals surface area contributed by atoms with Gasteiger partial charge in [-0.15, -0.1) is 11.3 Å². The van der Waals surface area contributed by atoms with Crippen LogP contribution in [0.5, 0.6) is 17.2 Å². The molecule has 6 nitrogen and oxygen atoms in total. The van der Waals surface area contributed by atoms with Gasteiger partial charge >= 0.3 is 0 Å². The van der Waals surface area contributed by atoms with Gasteiger partial charge in [0.2, 0.25) is 0 Å². The summed E-state index contributed by atoms with van der Waals surface area (Å²) in [5.41, 5.74) is 1.85. The highest BCUT2D eigenvalue weighted by atomic mass is 32.1. The fourth-order valence-corrected chi connectivity index (χ4v) is 5.28. The van der Waals surface area contributed by atoms with E-state index in [1.807, 2.05) is 68.6 Å². The minimum Gasteiger partial charge on any atom is -0.507 e. The van der Waals surface area contributed by atoms with E-state index in [1.165, 1.54) is 16.2 Å². The van der Waals surface area contributed by atoms with Gasteiger partial charge in [-0.2, -0.15) is 0 Å². The van der Waals surface area contributed by atoms with Crippen molar-refractivity contribution in [2.24, 2.45) is 0 Å². The van der Waals surface area contributed by atoms with Gasteiger partial charge in [0.15, 0.2) is 0 Å². The Morgan fingerprint density at radius 2 is 1.63 bits per heavy atom. The molecule has 192 valence electrons. The van der Waals surface area contributed by atoms with Crippen LogP contribution in [-0.4, -0.2) is 22.9 Å². The summed E-state index contributed by atoms with van der Waals surface area (Å²) in [6.07, 6.45) is 0.00165. The van der Waals surface area contributed by atoms with Crippen molar-refractivity contribution >= 4 is 34.5 Å². The number of nitrogens with zero attached hydrogens (tertiary/aromatic N) is 1. The molecule has 0 bridgehead atoms. The Labute approximate surface area is 225 Å². The Morgan fingerprint density at radius 3 is 2.26 bits per heavy atom. The number of anilines is 1. The SMILES string of the molecule is Cc1cc(/C(O)=C2/C(=O)C(=O)N(c3ccc(Oc4ccccc4)cc3)C2c2cccs2)ccc1OC(C)C. The van der Waals surface area contributed by atoms with E-state index in [9.17, 15) is 14.7 Å². The lowest BCUT2D eigenvalue weighted by atomic mass is 9.98. The van der Waals surface area contributed by atoms with Gasteiger partial charge in [0, 0.05) is 16.1 Å². The molecule has 1 N–H and O–H groups in total. The standard InChI is InChI=1S/C31H27NO5S/c1-19(2)36-25-16-11-21(18-20(25)3)29(33)27-28(26-10-7-17-38-26)32(31(35)30(27)34)22-12-14-24(15-13-22)37-23-8-5-4-6-9-23/h4-19,28,33H,1-3H3/b29-27-. The van der Waals surface area contributed by atoms with Crippen LogP contribution in [0.2, 0.25) is 0 Å². The molecule has 1 aliphatic heterocycles. The topological polar surface area (TPSA) is 76.1 Å². The van der Waals surface area contributed by atoms with E-state index >= 15 is 0 Å². The first-order valence-corrected chi connectivity index (χ1v) is 13.2. The number of carbonyl (C=O) groups is 2. The van der Waals surface area contributed by atoms with Gasteiger partial charge in [0.25, 0.3) is 11.7 Å². The van der Waals surface area contributed by atoms with Crippen molar-refractivity contribution < 1.29 is 24.2 Å². The van der Waals surface area contributed by atoms with Gasteiger partial charge in [0.1, 0.15) is 29.0 Å². The van der Waals surface area contributed by atoms with Crippen molar-refractivity contribution in [1.29, 1.82) is 0 Å². The second-order valence-electron chi connectivity index (χ2n) is 9.24. The number of aliphatic hydroxyl groups is 1. The molecule has 0 aliphatic carbocycles. The van der Waals surface area contributed by atoms with Crippen molar-refractivity contribution in [2.75, 3.05) is 4.90 Å². The zero-order valence-corrected chi connectivity index (χ0v) is 22.1. The second kappa shape index (κ2) is 10.6. The summed E-state index contributed by atoms with van der Waals surface area (Å²) in [6.45, 7) is 5.76. The Bertz CT molecular complexity index is 1490. The van der Waals surface area contributed by atoms with Crippen molar-refractivity contribution in [3.05, 3.63) is 112 Å². The molecule has 38 heavy (non-hydrogen) atoms. The Kier molecular flexibility index (Phi) is 7.03. The molecule has 4 aromatic rings. The molecule has 1 saturated heterocycles. The fraction of sp³-hybridized carbons (Fsp3) is 0.161. The van der Waals surface area contributed by atoms with Crippen molar-refractivity contribution in [3.8, 4) is 17.2 Å². The summed E-state index contributed by atoms with van der Waals surface area (Å²) in [5.74, 6) is 0.351. The average molecular weight is 526 g/mol. The zero-order valence-electron chi connectivity index (χ0n) is 21.3. The number of hydrogen-bond donors (Lipinski definition) is 1. The molecular formula is C31H27NO5S. The van der Waals surface area contributed by atoms with Crippen LogP contribution in [0.25, 0.3) is 5.76 Å². The molecule has 0 spiro atoms. The molecule has 2 heterocycles. The predicted octanol–water partition coefficient (Wildman–Crippen LogP) is 7.26. The fourth-order valence-electron chi connectivity index (χ4n) is 4.45. The molecule has 0 radical (unpaired) electrons. The second-order valence-corrected chi connectivity index (χ2v) is 10.2. The summed E-state index contributed by atoms with van der Waals surface area (Å²) >= 11 is 1.42. The molecule has 3 aromatic carbocycles. The first-order chi connectivity index (χ1) is 18.3. The van der Waals surface area contributed by atoms with Crippen LogP contribution in [0, 0.1) is 6.92 Å². The van der Waals surface area contributed by atoms with Crippen LogP contribution in [0.1, 0.15) is 35.9 Å². The largest absolute Gasteiger partial charge is 0.507 e. The highest BCUT2D eigenvalue weighted by Gasteiger charge is 2.47. The summed E-state index contributed by atoms with van der Waals surface area (Å²) < 4.78 is 11.7. The van der Waals surface area contributed by atoms with Crippen LogP contribution >= 0.6 is 11.3 Å². The van der Waals surface area contributed by atoms with Crippen LogP contribution in [0.3, 0.4) is 0 Å². The smallest absolute Gasteiger partial charge is 0.300 e. The quantitative estimate of drug-likeness (QED) is 0.156.